The van der Waals surface area contributed by atoms with Crippen molar-refractivity contribution < 1.29 is 17.9 Å². The average molecular weight is 299 g/mol. The molecule has 1 unspecified atom stereocenters. The Balaban J connectivity index is 2.92. The van der Waals surface area contributed by atoms with Gasteiger partial charge in [-0.1, -0.05) is 39.0 Å². The van der Waals surface area contributed by atoms with E-state index in [0.717, 1.165) is 11.8 Å². The van der Waals surface area contributed by atoms with Crippen LogP contribution in [0.15, 0.2) is 24.3 Å². The van der Waals surface area contributed by atoms with Crippen LogP contribution >= 0.6 is 0 Å². The minimum absolute atomic E-state index is 0.252. The fraction of sp³-hybridized carbons (Fsp3) is 0.500. The molecule has 6 heteroatoms. The summed E-state index contributed by atoms with van der Waals surface area (Å²) in [5.74, 6) is 0.216. The smallest absolute Gasteiger partial charge is 0.274 e. The van der Waals surface area contributed by atoms with E-state index >= 15 is 0 Å². The van der Waals surface area contributed by atoms with Gasteiger partial charge in [-0.3, -0.25) is 9.52 Å². The lowest BCUT2D eigenvalue weighted by Crippen LogP contribution is -2.40. The fourth-order valence-corrected chi connectivity index (χ4v) is 2.29. The zero-order valence-corrected chi connectivity index (χ0v) is 13.0. The molecule has 112 valence electrons. The van der Waals surface area contributed by atoms with E-state index in [2.05, 4.69) is 0 Å². The van der Waals surface area contributed by atoms with Crippen LogP contribution in [0.2, 0.25) is 0 Å². The first-order valence-electron chi connectivity index (χ1n) is 6.51. The lowest BCUT2D eigenvalue weighted by atomic mass is 10.0. The predicted molar refractivity (Wildman–Crippen MR) is 78.2 cm³/mol. The highest BCUT2D eigenvalue weighted by molar-refractivity contribution is 7.89. The molecule has 0 saturated heterocycles. The highest BCUT2D eigenvalue weighted by Crippen LogP contribution is 2.27. The Bertz CT molecular complexity index is 566. The maximum Gasteiger partial charge on any atom is 0.274 e. The van der Waals surface area contributed by atoms with Crippen molar-refractivity contribution in [3.63, 3.8) is 0 Å². The van der Waals surface area contributed by atoms with Gasteiger partial charge in [-0.25, -0.2) is 8.42 Å². The molecular formula is C14H21NO4S. The number of sulfonamides is 1. The Morgan fingerprint density at radius 3 is 2.40 bits per heavy atom. The molecule has 0 heterocycles. The highest BCUT2D eigenvalue weighted by atomic mass is 32.2. The SMILES string of the molecule is CCC(Oc1ccccc1C(C)C)C(=O)NS(C)(=O)=O. The number of ether oxygens (including phenoxy) is 1. The van der Waals surface area contributed by atoms with Crippen LogP contribution in [0, 0.1) is 0 Å². The topological polar surface area (TPSA) is 72.5 Å². The van der Waals surface area contributed by atoms with Gasteiger partial charge in [-0.15, -0.1) is 0 Å². The Morgan fingerprint density at radius 1 is 1.30 bits per heavy atom. The van der Waals surface area contributed by atoms with Gasteiger partial charge in [0.25, 0.3) is 5.91 Å². The minimum Gasteiger partial charge on any atom is -0.480 e. The number of carbonyl (C=O) groups excluding carboxylic acids is 1. The molecule has 5 nitrogen and oxygen atoms in total. The molecule has 1 aromatic carbocycles. The summed E-state index contributed by atoms with van der Waals surface area (Å²) >= 11 is 0. The van der Waals surface area contributed by atoms with Crippen molar-refractivity contribution in [2.45, 2.75) is 39.2 Å². The summed E-state index contributed by atoms with van der Waals surface area (Å²) in [6.07, 6.45) is 0.498. The Morgan fingerprint density at radius 2 is 1.90 bits per heavy atom. The number of nitrogens with one attached hydrogen (secondary N) is 1. The molecule has 1 atom stereocenters. The molecule has 0 aliphatic heterocycles. The monoisotopic (exact) mass is 299 g/mol. The van der Waals surface area contributed by atoms with Gasteiger partial charge in [0.1, 0.15) is 5.75 Å². The Labute approximate surface area is 120 Å². The average Bonchev–Trinajstić information content (AvgIpc) is 2.33. The van der Waals surface area contributed by atoms with Crippen molar-refractivity contribution in [3.05, 3.63) is 29.8 Å². The van der Waals surface area contributed by atoms with Crippen LogP contribution in [-0.4, -0.2) is 26.7 Å². The van der Waals surface area contributed by atoms with Crippen molar-refractivity contribution >= 4 is 15.9 Å². The maximum atomic E-state index is 11.9. The third-order valence-corrected chi connectivity index (χ3v) is 3.33. The predicted octanol–water partition coefficient (Wildman–Crippen LogP) is 2.04. The summed E-state index contributed by atoms with van der Waals surface area (Å²) in [6.45, 7) is 5.82. The molecule has 1 N–H and O–H groups in total. The second-order valence-corrected chi connectivity index (χ2v) is 6.69. The van der Waals surface area contributed by atoms with Crippen LogP contribution in [0.4, 0.5) is 0 Å². The zero-order chi connectivity index (χ0) is 15.3. The van der Waals surface area contributed by atoms with E-state index in [0.29, 0.717) is 12.2 Å². The van der Waals surface area contributed by atoms with Crippen molar-refractivity contribution in [1.29, 1.82) is 0 Å². The Kier molecular flexibility index (Phi) is 5.56. The third-order valence-electron chi connectivity index (χ3n) is 2.76. The van der Waals surface area contributed by atoms with Crippen LogP contribution in [0.25, 0.3) is 0 Å². The van der Waals surface area contributed by atoms with E-state index in [1.54, 1.807) is 13.0 Å². The second kappa shape index (κ2) is 6.74. The number of para-hydroxylation sites is 1. The molecular weight excluding hydrogens is 278 g/mol. The van der Waals surface area contributed by atoms with Crippen molar-refractivity contribution in [2.24, 2.45) is 0 Å². The molecule has 0 aromatic heterocycles. The molecule has 1 rings (SSSR count). The normalized spacial score (nSPS) is 13.1. The van der Waals surface area contributed by atoms with E-state index < -0.39 is 22.0 Å². The minimum atomic E-state index is -3.58. The largest absolute Gasteiger partial charge is 0.480 e. The van der Waals surface area contributed by atoms with E-state index in [1.807, 2.05) is 36.8 Å². The van der Waals surface area contributed by atoms with E-state index in [-0.39, 0.29) is 5.92 Å². The molecule has 1 amide bonds. The molecule has 0 aliphatic carbocycles. The van der Waals surface area contributed by atoms with Gasteiger partial charge in [-0.2, -0.15) is 0 Å². The first kappa shape index (κ1) is 16.5. The second-order valence-electron chi connectivity index (χ2n) is 4.95. The number of amides is 1. The van der Waals surface area contributed by atoms with Gasteiger partial charge in [0.2, 0.25) is 10.0 Å². The standard InChI is InChI=1S/C14H21NO4S/c1-5-12(14(16)15-20(4,17)18)19-13-9-7-6-8-11(13)10(2)3/h6-10,12H,5H2,1-4H3,(H,15,16). The van der Waals surface area contributed by atoms with E-state index in [4.69, 9.17) is 4.74 Å². The molecule has 0 spiro atoms. The van der Waals surface area contributed by atoms with E-state index in [1.165, 1.54) is 0 Å². The van der Waals surface area contributed by atoms with Gasteiger partial charge in [0.15, 0.2) is 6.10 Å². The van der Waals surface area contributed by atoms with Gasteiger partial charge in [-0.05, 0) is 24.0 Å². The van der Waals surface area contributed by atoms with E-state index in [9.17, 15) is 13.2 Å². The van der Waals surface area contributed by atoms with Gasteiger partial charge < -0.3 is 4.74 Å². The number of hydrogen-bond donors (Lipinski definition) is 1. The third kappa shape index (κ3) is 4.85. The fourth-order valence-electron chi connectivity index (χ4n) is 1.79. The lowest BCUT2D eigenvalue weighted by molar-refractivity contribution is -0.126. The summed E-state index contributed by atoms with van der Waals surface area (Å²) in [5, 5.41) is 0. The van der Waals surface area contributed by atoms with Crippen molar-refractivity contribution in [3.8, 4) is 5.75 Å². The van der Waals surface area contributed by atoms with Gasteiger partial charge in [0.05, 0.1) is 6.26 Å². The summed E-state index contributed by atoms with van der Waals surface area (Å²) in [4.78, 5) is 11.9. The number of hydrogen-bond acceptors (Lipinski definition) is 4. The zero-order valence-electron chi connectivity index (χ0n) is 12.2. The van der Waals surface area contributed by atoms with Gasteiger partial charge >= 0.3 is 0 Å². The molecule has 0 saturated carbocycles. The van der Waals surface area contributed by atoms with Crippen LogP contribution in [-0.2, 0) is 14.8 Å². The quantitative estimate of drug-likeness (QED) is 0.872. The Hall–Kier alpha value is -1.56. The van der Waals surface area contributed by atoms with Crippen LogP contribution in [0.5, 0.6) is 5.75 Å². The van der Waals surface area contributed by atoms with Crippen LogP contribution in [0.1, 0.15) is 38.7 Å². The number of rotatable bonds is 6. The summed E-state index contributed by atoms with van der Waals surface area (Å²) in [6, 6.07) is 7.44. The molecule has 0 radical (unpaired) electrons. The van der Waals surface area contributed by atoms with Gasteiger partial charge in [0, 0.05) is 0 Å². The number of carbonyl (C=O) groups is 1. The first-order valence-corrected chi connectivity index (χ1v) is 8.41. The molecule has 20 heavy (non-hydrogen) atoms. The van der Waals surface area contributed by atoms with Crippen LogP contribution < -0.4 is 9.46 Å². The van der Waals surface area contributed by atoms with Crippen molar-refractivity contribution in [1.82, 2.24) is 4.72 Å². The van der Waals surface area contributed by atoms with Crippen molar-refractivity contribution in [2.75, 3.05) is 6.26 Å². The molecule has 0 bridgehead atoms. The molecule has 1 aromatic rings. The van der Waals surface area contributed by atoms with Crippen LogP contribution in [0.3, 0.4) is 0 Å². The summed E-state index contributed by atoms with van der Waals surface area (Å²) in [7, 11) is -3.58. The summed E-state index contributed by atoms with van der Waals surface area (Å²) in [5.41, 5.74) is 0.984. The maximum absolute atomic E-state index is 11.9. The highest BCUT2D eigenvalue weighted by Gasteiger charge is 2.22. The molecule has 0 fully saturated rings. The number of benzene rings is 1. The molecule has 0 aliphatic rings. The summed E-state index contributed by atoms with van der Waals surface area (Å²) < 4.78 is 29.8. The first-order chi connectivity index (χ1) is 9.24. The lowest BCUT2D eigenvalue weighted by Gasteiger charge is -2.20.